The van der Waals surface area contributed by atoms with Gasteiger partial charge in [-0.2, -0.15) is 0 Å². The molecule has 1 aliphatic rings. The minimum atomic E-state index is -0.334. The van der Waals surface area contributed by atoms with E-state index >= 15 is 0 Å². The zero-order valence-corrected chi connectivity index (χ0v) is 14.1. The van der Waals surface area contributed by atoms with Crippen LogP contribution in [0.5, 0.6) is 0 Å². The van der Waals surface area contributed by atoms with Crippen LogP contribution in [0.3, 0.4) is 0 Å². The Kier molecular flexibility index (Phi) is 5.18. The van der Waals surface area contributed by atoms with E-state index in [2.05, 4.69) is 0 Å². The topological polar surface area (TPSA) is 38.8 Å². The highest BCUT2D eigenvalue weighted by Gasteiger charge is 2.32. The standard InChI is InChI=1S/C19H18ClNO3/c1-23-13-18-12-21(19(22)24-18)17-9-7-14(8-10-17)5-6-15-3-2-4-16(20)11-15/h2-11,18H,12-13H2,1H3/b6-5+. The summed E-state index contributed by atoms with van der Waals surface area (Å²) in [5.41, 5.74) is 2.90. The molecule has 0 saturated carbocycles. The zero-order valence-electron chi connectivity index (χ0n) is 13.3. The van der Waals surface area contributed by atoms with E-state index in [1.165, 1.54) is 0 Å². The van der Waals surface area contributed by atoms with Crippen LogP contribution in [-0.4, -0.2) is 32.5 Å². The van der Waals surface area contributed by atoms with E-state index in [1.54, 1.807) is 12.0 Å². The van der Waals surface area contributed by atoms with Crippen LogP contribution in [0.4, 0.5) is 10.5 Å². The van der Waals surface area contributed by atoms with Crippen molar-refractivity contribution in [2.45, 2.75) is 6.10 Å². The molecule has 1 amide bonds. The number of benzene rings is 2. The Morgan fingerprint density at radius 2 is 1.96 bits per heavy atom. The molecule has 1 saturated heterocycles. The van der Waals surface area contributed by atoms with Gasteiger partial charge in [0.15, 0.2) is 0 Å². The van der Waals surface area contributed by atoms with Crippen molar-refractivity contribution < 1.29 is 14.3 Å². The van der Waals surface area contributed by atoms with Gasteiger partial charge in [-0.15, -0.1) is 0 Å². The van der Waals surface area contributed by atoms with Gasteiger partial charge in [0.1, 0.15) is 6.10 Å². The second-order valence-corrected chi connectivity index (χ2v) is 5.99. The predicted octanol–water partition coefficient (Wildman–Crippen LogP) is 4.48. The summed E-state index contributed by atoms with van der Waals surface area (Å²) in [6.45, 7) is 0.910. The van der Waals surface area contributed by atoms with Crippen molar-refractivity contribution >= 4 is 35.5 Å². The summed E-state index contributed by atoms with van der Waals surface area (Å²) in [7, 11) is 1.59. The van der Waals surface area contributed by atoms with Gasteiger partial charge >= 0.3 is 6.09 Å². The fourth-order valence-electron chi connectivity index (χ4n) is 2.57. The molecule has 1 atom stereocenters. The lowest BCUT2D eigenvalue weighted by Crippen LogP contribution is -2.25. The maximum Gasteiger partial charge on any atom is 0.414 e. The third kappa shape index (κ3) is 3.96. The van der Waals surface area contributed by atoms with Crippen molar-refractivity contribution in [2.24, 2.45) is 0 Å². The summed E-state index contributed by atoms with van der Waals surface area (Å²) in [6, 6.07) is 15.4. The number of hydrogen-bond acceptors (Lipinski definition) is 3. The minimum Gasteiger partial charge on any atom is -0.441 e. The molecule has 124 valence electrons. The van der Waals surface area contributed by atoms with E-state index in [9.17, 15) is 4.79 Å². The lowest BCUT2D eigenvalue weighted by Gasteiger charge is -2.13. The number of nitrogens with zero attached hydrogens (tertiary/aromatic N) is 1. The van der Waals surface area contributed by atoms with Gasteiger partial charge < -0.3 is 9.47 Å². The molecule has 1 fully saturated rings. The first kappa shape index (κ1) is 16.6. The molecule has 0 spiro atoms. The van der Waals surface area contributed by atoms with Crippen LogP contribution in [0.2, 0.25) is 5.02 Å². The third-order valence-electron chi connectivity index (χ3n) is 3.75. The molecule has 4 nitrogen and oxygen atoms in total. The fourth-order valence-corrected chi connectivity index (χ4v) is 2.77. The van der Waals surface area contributed by atoms with Crippen LogP contribution in [0.15, 0.2) is 48.5 Å². The molecule has 0 aromatic heterocycles. The normalized spacial score (nSPS) is 17.5. The van der Waals surface area contributed by atoms with Gasteiger partial charge in [-0.05, 0) is 35.4 Å². The molecule has 1 unspecified atom stereocenters. The van der Waals surface area contributed by atoms with Gasteiger partial charge in [0.25, 0.3) is 0 Å². The number of halogens is 1. The first-order chi connectivity index (χ1) is 11.7. The van der Waals surface area contributed by atoms with Crippen LogP contribution in [0.25, 0.3) is 12.2 Å². The number of hydrogen-bond donors (Lipinski definition) is 0. The minimum absolute atomic E-state index is 0.218. The van der Waals surface area contributed by atoms with E-state index in [0.717, 1.165) is 16.8 Å². The Labute approximate surface area is 146 Å². The first-order valence-electron chi connectivity index (χ1n) is 7.66. The van der Waals surface area contributed by atoms with Crippen molar-refractivity contribution in [3.8, 4) is 0 Å². The van der Waals surface area contributed by atoms with Crippen LogP contribution in [-0.2, 0) is 9.47 Å². The molecular weight excluding hydrogens is 326 g/mol. The maximum atomic E-state index is 11.9. The highest BCUT2D eigenvalue weighted by molar-refractivity contribution is 6.30. The molecule has 0 aliphatic carbocycles. The van der Waals surface area contributed by atoms with E-state index in [0.29, 0.717) is 18.2 Å². The highest BCUT2D eigenvalue weighted by Crippen LogP contribution is 2.23. The largest absolute Gasteiger partial charge is 0.441 e. The Morgan fingerprint density at radius 3 is 2.67 bits per heavy atom. The second kappa shape index (κ2) is 7.51. The van der Waals surface area contributed by atoms with Gasteiger partial charge in [-0.3, -0.25) is 4.90 Å². The summed E-state index contributed by atoms with van der Waals surface area (Å²) < 4.78 is 10.3. The van der Waals surface area contributed by atoms with Crippen molar-refractivity contribution in [2.75, 3.05) is 25.2 Å². The van der Waals surface area contributed by atoms with Gasteiger partial charge in [-0.1, -0.05) is 48.0 Å². The highest BCUT2D eigenvalue weighted by atomic mass is 35.5. The average molecular weight is 344 g/mol. The van der Waals surface area contributed by atoms with Gasteiger partial charge in [0, 0.05) is 17.8 Å². The fraction of sp³-hybridized carbons (Fsp3) is 0.211. The summed E-state index contributed by atoms with van der Waals surface area (Å²) in [4.78, 5) is 13.5. The summed E-state index contributed by atoms with van der Waals surface area (Å²) >= 11 is 5.98. The summed E-state index contributed by atoms with van der Waals surface area (Å²) in [6.07, 6.45) is 3.45. The molecule has 2 aromatic rings. The van der Waals surface area contributed by atoms with E-state index in [4.69, 9.17) is 21.1 Å². The smallest absolute Gasteiger partial charge is 0.414 e. The predicted molar refractivity (Wildman–Crippen MR) is 96.3 cm³/mol. The summed E-state index contributed by atoms with van der Waals surface area (Å²) in [5, 5.41) is 0.714. The number of rotatable bonds is 5. The molecule has 0 N–H and O–H groups in total. The molecule has 5 heteroatoms. The number of amides is 1. The molecule has 0 radical (unpaired) electrons. The molecule has 0 bridgehead atoms. The number of methoxy groups -OCH3 is 1. The second-order valence-electron chi connectivity index (χ2n) is 5.55. The van der Waals surface area contributed by atoms with Crippen molar-refractivity contribution in [3.05, 3.63) is 64.7 Å². The van der Waals surface area contributed by atoms with Crippen molar-refractivity contribution in [3.63, 3.8) is 0 Å². The first-order valence-corrected chi connectivity index (χ1v) is 8.04. The Balaban J connectivity index is 1.68. The lowest BCUT2D eigenvalue weighted by molar-refractivity contribution is 0.0718. The number of anilines is 1. The van der Waals surface area contributed by atoms with Crippen LogP contribution in [0.1, 0.15) is 11.1 Å². The quantitative estimate of drug-likeness (QED) is 0.751. The molecule has 24 heavy (non-hydrogen) atoms. The van der Waals surface area contributed by atoms with Crippen LogP contribution >= 0.6 is 11.6 Å². The Morgan fingerprint density at radius 1 is 1.21 bits per heavy atom. The summed E-state index contributed by atoms with van der Waals surface area (Å²) in [5.74, 6) is 0. The van der Waals surface area contributed by atoms with Gasteiger partial charge in [0.2, 0.25) is 0 Å². The molecule has 1 heterocycles. The Bertz CT molecular complexity index is 743. The van der Waals surface area contributed by atoms with Crippen molar-refractivity contribution in [1.82, 2.24) is 0 Å². The Hall–Kier alpha value is -2.30. The van der Waals surface area contributed by atoms with E-state index < -0.39 is 0 Å². The zero-order chi connectivity index (χ0) is 16.9. The average Bonchev–Trinajstić information content (AvgIpc) is 2.94. The third-order valence-corrected chi connectivity index (χ3v) is 3.98. The van der Waals surface area contributed by atoms with Crippen molar-refractivity contribution in [1.29, 1.82) is 0 Å². The molecule has 3 rings (SSSR count). The number of carbonyl (C=O) groups is 1. The molecular formula is C19H18ClNO3. The molecule has 2 aromatic carbocycles. The maximum absolute atomic E-state index is 11.9. The lowest BCUT2D eigenvalue weighted by atomic mass is 10.1. The number of cyclic esters (lactones) is 1. The van der Waals surface area contributed by atoms with Gasteiger partial charge in [-0.25, -0.2) is 4.79 Å². The monoisotopic (exact) mass is 343 g/mol. The van der Waals surface area contributed by atoms with E-state index in [1.807, 2.05) is 60.7 Å². The molecule has 1 aliphatic heterocycles. The van der Waals surface area contributed by atoms with Crippen LogP contribution < -0.4 is 4.90 Å². The van der Waals surface area contributed by atoms with Gasteiger partial charge in [0.05, 0.1) is 13.2 Å². The SMILES string of the molecule is COCC1CN(c2ccc(/C=C/c3cccc(Cl)c3)cc2)C(=O)O1. The van der Waals surface area contributed by atoms with E-state index in [-0.39, 0.29) is 12.2 Å². The number of ether oxygens (including phenoxy) is 2. The number of carbonyl (C=O) groups excluding carboxylic acids is 1. The van der Waals surface area contributed by atoms with Crippen LogP contribution in [0, 0.1) is 0 Å².